The van der Waals surface area contributed by atoms with Crippen molar-refractivity contribution in [3.63, 3.8) is 0 Å². The van der Waals surface area contributed by atoms with Crippen molar-refractivity contribution in [2.24, 2.45) is 11.8 Å². The highest BCUT2D eigenvalue weighted by atomic mass is 16.7. The van der Waals surface area contributed by atoms with E-state index in [9.17, 15) is 4.79 Å². The number of carbonyl (C=O) groups is 1. The first-order valence-corrected chi connectivity index (χ1v) is 12.2. The van der Waals surface area contributed by atoms with Gasteiger partial charge in [0.2, 0.25) is 6.79 Å². The summed E-state index contributed by atoms with van der Waals surface area (Å²) in [5.74, 6) is 3.47. The predicted molar refractivity (Wildman–Crippen MR) is 127 cm³/mol. The minimum Gasteiger partial charge on any atom is -0.454 e. The molecule has 0 aromatic heterocycles. The monoisotopic (exact) mass is 434 g/mol. The summed E-state index contributed by atoms with van der Waals surface area (Å²) in [6, 6.07) is 16.0. The molecule has 2 aliphatic heterocycles. The fourth-order valence-electron chi connectivity index (χ4n) is 5.47. The quantitative estimate of drug-likeness (QED) is 0.573. The van der Waals surface area contributed by atoms with E-state index in [4.69, 9.17) is 9.47 Å². The van der Waals surface area contributed by atoms with Gasteiger partial charge in [0.05, 0.1) is 5.69 Å². The molecule has 0 N–H and O–H groups in total. The summed E-state index contributed by atoms with van der Waals surface area (Å²) in [6.45, 7) is 5.80. The molecule has 2 heterocycles. The number of hydrogen-bond acceptors (Lipinski definition) is 5. The molecule has 5 rings (SSSR count). The van der Waals surface area contributed by atoms with Crippen LogP contribution in [0.4, 0.5) is 5.69 Å². The van der Waals surface area contributed by atoms with Crippen LogP contribution in [0.25, 0.3) is 0 Å². The Hall–Kier alpha value is -2.53. The van der Waals surface area contributed by atoms with E-state index in [0.29, 0.717) is 18.5 Å². The number of hydrogen-bond donors (Lipinski definition) is 0. The Balaban J connectivity index is 1.02. The average molecular weight is 435 g/mol. The van der Waals surface area contributed by atoms with Gasteiger partial charge in [0.1, 0.15) is 0 Å². The summed E-state index contributed by atoms with van der Waals surface area (Å²) in [5.41, 5.74) is 2.04. The number of rotatable bonds is 7. The van der Waals surface area contributed by atoms with Crippen LogP contribution in [0.5, 0.6) is 11.5 Å². The molecule has 2 aromatic carbocycles. The van der Waals surface area contributed by atoms with Crippen LogP contribution < -0.4 is 14.4 Å². The minimum atomic E-state index is 0.313. The van der Waals surface area contributed by atoms with Crippen molar-refractivity contribution in [1.29, 1.82) is 0 Å². The first-order valence-electron chi connectivity index (χ1n) is 12.2. The number of carbonyl (C=O) groups excluding carboxylic acids is 1. The first kappa shape index (κ1) is 21.3. The average Bonchev–Trinajstić information content (AvgIpc) is 3.34. The summed E-state index contributed by atoms with van der Waals surface area (Å²) >= 11 is 0. The van der Waals surface area contributed by atoms with Gasteiger partial charge >= 0.3 is 0 Å². The Labute approximate surface area is 191 Å². The van der Waals surface area contributed by atoms with Gasteiger partial charge < -0.3 is 14.4 Å². The van der Waals surface area contributed by atoms with Gasteiger partial charge in [-0.05, 0) is 49.8 Å². The number of anilines is 1. The Morgan fingerprint density at radius 1 is 0.844 bits per heavy atom. The lowest BCUT2D eigenvalue weighted by molar-refractivity contribution is 0.0940. The molecular weight excluding hydrogens is 400 g/mol. The Bertz CT molecular complexity index is 900. The number of benzene rings is 2. The lowest BCUT2D eigenvalue weighted by Crippen LogP contribution is -2.47. The van der Waals surface area contributed by atoms with Crippen LogP contribution in [-0.4, -0.2) is 50.2 Å². The highest BCUT2D eigenvalue weighted by Crippen LogP contribution is 2.41. The first-order chi connectivity index (χ1) is 15.8. The second-order valence-corrected chi connectivity index (χ2v) is 9.51. The van der Waals surface area contributed by atoms with Crippen molar-refractivity contribution in [3.05, 3.63) is 54.1 Å². The van der Waals surface area contributed by atoms with Gasteiger partial charge in [-0.2, -0.15) is 0 Å². The van der Waals surface area contributed by atoms with Gasteiger partial charge in [0, 0.05) is 38.2 Å². The van der Waals surface area contributed by atoms with E-state index in [-0.39, 0.29) is 0 Å². The van der Waals surface area contributed by atoms with Gasteiger partial charge in [-0.1, -0.05) is 49.2 Å². The third kappa shape index (κ3) is 4.93. The van der Waals surface area contributed by atoms with Crippen LogP contribution in [0.3, 0.4) is 0 Å². The van der Waals surface area contributed by atoms with E-state index in [2.05, 4.69) is 21.9 Å². The number of nitrogens with zero attached hydrogens (tertiary/aromatic N) is 2. The van der Waals surface area contributed by atoms with E-state index in [1.54, 1.807) is 0 Å². The summed E-state index contributed by atoms with van der Waals surface area (Å²) in [7, 11) is 0. The molecule has 0 unspecified atom stereocenters. The Kier molecular flexibility index (Phi) is 6.63. The van der Waals surface area contributed by atoms with Crippen molar-refractivity contribution in [3.8, 4) is 11.5 Å². The smallest absolute Gasteiger partial charge is 0.231 e. The van der Waals surface area contributed by atoms with Crippen LogP contribution in [0, 0.1) is 11.8 Å². The zero-order valence-electron chi connectivity index (χ0n) is 18.9. The summed E-state index contributed by atoms with van der Waals surface area (Å²) in [6.07, 6.45) is 6.98. The van der Waals surface area contributed by atoms with E-state index >= 15 is 0 Å². The second kappa shape index (κ2) is 9.95. The van der Waals surface area contributed by atoms with E-state index in [0.717, 1.165) is 55.6 Å². The minimum absolute atomic E-state index is 0.313. The van der Waals surface area contributed by atoms with Crippen molar-refractivity contribution in [1.82, 2.24) is 4.90 Å². The maximum absolute atomic E-state index is 12.5. The van der Waals surface area contributed by atoms with Crippen molar-refractivity contribution in [2.45, 2.75) is 38.5 Å². The van der Waals surface area contributed by atoms with Crippen LogP contribution in [-0.2, 0) is 0 Å². The van der Waals surface area contributed by atoms with Gasteiger partial charge in [-0.25, -0.2) is 0 Å². The number of piperazine rings is 1. The van der Waals surface area contributed by atoms with Crippen LogP contribution in [0.1, 0.15) is 48.9 Å². The third-order valence-electron chi connectivity index (χ3n) is 7.48. The largest absolute Gasteiger partial charge is 0.454 e. The van der Waals surface area contributed by atoms with Crippen molar-refractivity contribution in [2.75, 3.05) is 44.4 Å². The molecule has 170 valence electrons. The molecule has 0 atom stereocenters. The second-order valence-electron chi connectivity index (χ2n) is 9.51. The molecular formula is C27H34N2O3. The highest BCUT2D eigenvalue weighted by Gasteiger charge is 2.26. The number of para-hydroxylation sites is 1. The van der Waals surface area contributed by atoms with Crippen molar-refractivity contribution < 1.29 is 14.3 Å². The normalized spacial score (nSPS) is 23.3. The highest BCUT2D eigenvalue weighted by molar-refractivity contribution is 5.96. The SMILES string of the molecule is O=C(CC1CCC(CCN2CCN(c3cccc4c3OCO4)CC2)CC1)c1ccccc1. The molecule has 5 nitrogen and oxygen atoms in total. The van der Waals surface area contributed by atoms with Gasteiger partial charge in [0.25, 0.3) is 0 Å². The molecule has 0 spiro atoms. The fourth-order valence-corrected chi connectivity index (χ4v) is 5.47. The molecule has 1 saturated carbocycles. The molecule has 1 aliphatic carbocycles. The molecule has 0 radical (unpaired) electrons. The maximum atomic E-state index is 12.5. The van der Waals surface area contributed by atoms with Gasteiger partial charge in [-0.15, -0.1) is 0 Å². The molecule has 2 fully saturated rings. The molecule has 0 bridgehead atoms. The molecule has 3 aliphatic rings. The summed E-state index contributed by atoms with van der Waals surface area (Å²) in [5, 5.41) is 0. The van der Waals surface area contributed by atoms with Gasteiger partial charge in [0.15, 0.2) is 17.3 Å². The van der Waals surface area contributed by atoms with E-state index < -0.39 is 0 Å². The summed E-state index contributed by atoms with van der Waals surface area (Å²) < 4.78 is 11.2. The van der Waals surface area contributed by atoms with E-state index in [1.807, 2.05) is 36.4 Å². The van der Waals surface area contributed by atoms with Crippen LogP contribution >= 0.6 is 0 Å². The molecule has 32 heavy (non-hydrogen) atoms. The Morgan fingerprint density at radius 3 is 2.38 bits per heavy atom. The molecule has 2 aromatic rings. The third-order valence-corrected chi connectivity index (χ3v) is 7.48. The molecule has 1 saturated heterocycles. The van der Waals surface area contributed by atoms with Crippen molar-refractivity contribution >= 4 is 11.5 Å². The number of Topliss-reactive ketones (excluding diaryl/α,β-unsaturated/α-hetero) is 1. The lowest BCUT2D eigenvalue weighted by Gasteiger charge is -2.37. The number of fused-ring (bicyclic) bond motifs is 1. The lowest BCUT2D eigenvalue weighted by atomic mass is 9.78. The van der Waals surface area contributed by atoms with Gasteiger partial charge in [-0.3, -0.25) is 9.69 Å². The topological polar surface area (TPSA) is 42.0 Å². The fraction of sp³-hybridized carbons (Fsp3) is 0.519. The van der Waals surface area contributed by atoms with Crippen LogP contribution in [0.15, 0.2) is 48.5 Å². The summed E-state index contributed by atoms with van der Waals surface area (Å²) in [4.78, 5) is 17.5. The van der Waals surface area contributed by atoms with E-state index in [1.165, 1.54) is 44.3 Å². The predicted octanol–water partition coefficient (Wildman–Crippen LogP) is 5.01. The Morgan fingerprint density at radius 2 is 1.59 bits per heavy atom. The standard InChI is InChI=1S/C27H34N2O3/c30-25(23-5-2-1-3-6-23)19-22-11-9-21(10-12-22)13-14-28-15-17-29(18-16-28)24-7-4-8-26-27(24)32-20-31-26/h1-8,21-22H,9-20H2. The molecule has 5 heteroatoms. The number of ketones is 1. The maximum Gasteiger partial charge on any atom is 0.231 e. The van der Waals surface area contributed by atoms with Crippen LogP contribution in [0.2, 0.25) is 0 Å². The zero-order valence-corrected chi connectivity index (χ0v) is 18.9. The molecule has 0 amide bonds. The zero-order chi connectivity index (χ0) is 21.8. The number of ether oxygens (including phenoxy) is 2.